The zero-order valence-corrected chi connectivity index (χ0v) is 8.79. The minimum atomic E-state index is 0.508. The second-order valence-corrected chi connectivity index (χ2v) is 5.50. The average molecular weight is 182 g/mol. The maximum Gasteiger partial charge on any atom is -0.00459 e. The molecule has 4 unspecified atom stereocenters. The first kappa shape index (κ1) is 9.47. The van der Waals surface area contributed by atoms with Crippen LogP contribution in [0.5, 0.6) is 0 Å². The lowest BCUT2D eigenvalue weighted by Gasteiger charge is -2.25. The molecular formula is C11H22N2. The van der Waals surface area contributed by atoms with Gasteiger partial charge in [0.2, 0.25) is 0 Å². The molecule has 0 aliphatic heterocycles. The van der Waals surface area contributed by atoms with Crippen LogP contribution < -0.4 is 11.5 Å². The van der Waals surface area contributed by atoms with Crippen LogP contribution in [0.25, 0.3) is 0 Å². The molecule has 0 aromatic carbocycles. The minimum absolute atomic E-state index is 0.508. The van der Waals surface area contributed by atoms with E-state index in [0.717, 1.165) is 36.8 Å². The zero-order valence-electron chi connectivity index (χ0n) is 8.79. The molecule has 2 fully saturated rings. The maximum absolute atomic E-state index is 5.80. The second kappa shape index (κ2) is 2.96. The molecule has 0 amide bonds. The van der Waals surface area contributed by atoms with E-state index in [9.17, 15) is 0 Å². The number of fused-ring (bicyclic) bond motifs is 2. The number of nitrogens with two attached hydrogens (primary N) is 2. The van der Waals surface area contributed by atoms with Gasteiger partial charge in [-0.05, 0) is 55.0 Å². The largest absolute Gasteiger partial charge is 0.330 e. The van der Waals surface area contributed by atoms with Crippen LogP contribution >= 0.6 is 0 Å². The fourth-order valence-corrected chi connectivity index (χ4v) is 3.98. The molecule has 2 aliphatic carbocycles. The summed E-state index contributed by atoms with van der Waals surface area (Å²) in [5.74, 6) is 3.25. The van der Waals surface area contributed by atoms with Crippen LogP contribution in [0.3, 0.4) is 0 Å². The van der Waals surface area contributed by atoms with Crippen molar-refractivity contribution in [2.75, 3.05) is 13.1 Å². The third kappa shape index (κ3) is 1.15. The normalized spacial score (nSPS) is 47.1. The smallest absolute Gasteiger partial charge is 0.00459 e. The van der Waals surface area contributed by atoms with Crippen molar-refractivity contribution in [1.82, 2.24) is 0 Å². The van der Waals surface area contributed by atoms with Crippen LogP contribution in [0, 0.1) is 29.1 Å². The molecule has 0 saturated heterocycles. The summed E-state index contributed by atoms with van der Waals surface area (Å²) in [7, 11) is 0. The lowest BCUT2D eigenvalue weighted by atomic mass is 9.80. The van der Waals surface area contributed by atoms with Crippen molar-refractivity contribution < 1.29 is 0 Å². The highest BCUT2D eigenvalue weighted by Gasteiger charge is 2.56. The fraction of sp³-hybridized carbons (Fsp3) is 1.00. The first-order chi connectivity index (χ1) is 6.11. The number of rotatable bonds is 2. The number of hydrogen-bond acceptors (Lipinski definition) is 2. The van der Waals surface area contributed by atoms with E-state index in [-0.39, 0.29) is 0 Å². The molecule has 2 rings (SSSR count). The highest BCUT2D eigenvalue weighted by atomic mass is 14.7. The van der Waals surface area contributed by atoms with Crippen molar-refractivity contribution in [3.63, 3.8) is 0 Å². The summed E-state index contributed by atoms with van der Waals surface area (Å²) in [5, 5.41) is 0. The van der Waals surface area contributed by atoms with E-state index >= 15 is 0 Å². The Kier molecular flexibility index (Phi) is 2.16. The van der Waals surface area contributed by atoms with E-state index in [1.165, 1.54) is 12.8 Å². The van der Waals surface area contributed by atoms with Crippen LogP contribution in [0.15, 0.2) is 0 Å². The molecule has 0 radical (unpaired) electrons. The monoisotopic (exact) mass is 182 g/mol. The standard InChI is InChI=1S/C11H22N2/c1-11(2)9-3-7(5-12)10(11)4-8(9)6-13/h7-10H,3-6,12-13H2,1-2H3. The summed E-state index contributed by atoms with van der Waals surface area (Å²) < 4.78 is 0. The van der Waals surface area contributed by atoms with Gasteiger partial charge in [-0.25, -0.2) is 0 Å². The third-order valence-corrected chi connectivity index (χ3v) is 4.77. The molecule has 2 aliphatic rings. The van der Waals surface area contributed by atoms with Gasteiger partial charge in [0.15, 0.2) is 0 Å². The Morgan fingerprint density at radius 2 is 1.38 bits per heavy atom. The minimum Gasteiger partial charge on any atom is -0.330 e. The molecule has 2 heteroatoms. The highest BCUT2D eigenvalue weighted by molar-refractivity contribution is 5.06. The van der Waals surface area contributed by atoms with Crippen LogP contribution in [0.2, 0.25) is 0 Å². The summed E-state index contributed by atoms with van der Waals surface area (Å²) >= 11 is 0. The second-order valence-electron chi connectivity index (χ2n) is 5.50. The maximum atomic E-state index is 5.80. The molecule has 0 aromatic rings. The molecule has 4 atom stereocenters. The predicted octanol–water partition coefficient (Wildman–Crippen LogP) is 1.20. The summed E-state index contributed by atoms with van der Waals surface area (Å²) in [6.45, 7) is 6.57. The van der Waals surface area contributed by atoms with Gasteiger partial charge in [-0.3, -0.25) is 0 Å². The van der Waals surface area contributed by atoms with E-state index in [4.69, 9.17) is 11.5 Å². The summed E-state index contributed by atoms with van der Waals surface area (Å²) in [4.78, 5) is 0. The zero-order chi connectivity index (χ0) is 9.64. The molecule has 2 nitrogen and oxygen atoms in total. The summed E-state index contributed by atoms with van der Waals surface area (Å²) in [6, 6.07) is 0. The molecule has 76 valence electrons. The summed E-state index contributed by atoms with van der Waals surface area (Å²) in [5.41, 5.74) is 12.1. The first-order valence-corrected chi connectivity index (χ1v) is 5.51. The van der Waals surface area contributed by atoms with Crippen LogP contribution in [0.1, 0.15) is 26.7 Å². The van der Waals surface area contributed by atoms with E-state index < -0.39 is 0 Å². The van der Waals surface area contributed by atoms with Gasteiger partial charge < -0.3 is 11.5 Å². The van der Waals surface area contributed by atoms with Crippen molar-refractivity contribution in [2.24, 2.45) is 40.6 Å². The van der Waals surface area contributed by atoms with Crippen molar-refractivity contribution in [1.29, 1.82) is 0 Å². The quantitative estimate of drug-likeness (QED) is 0.674. The van der Waals surface area contributed by atoms with Crippen LogP contribution in [-0.2, 0) is 0 Å². The van der Waals surface area contributed by atoms with Gasteiger partial charge in [-0.15, -0.1) is 0 Å². The van der Waals surface area contributed by atoms with Crippen molar-refractivity contribution >= 4 is 0 Å². The Morgan fingerprint density at radius 3 is 1.62 bits per heavy atom. The third-order valence-electron chi connectivity index (χ3n) is 4.77. The Hall–Kier alpha value is -0.0800. The number of hydrogen-bond donors (Lipinski definition) is 2. The van der Waals surface area contributed by atoms with Gasteiger partial charge in [-0.2, -0.15) is 0 Å². The Labute approximate surface area is 81.1 Å². The van der Waals surface area contributed by atoms with Crippen molar-refractivity contribution in [3.05, 3.63) is 0 Å². The van der Waals surface area contributed by atoms with Gasteiger partial charge in [-0.1, -0.05) is 13.8 Å². The Balaban J connectivity index is 2.18. The first-order valence-electron chi connectivity index (χ1n) is 5.51. The van der Waals surface area contributed by atoms with Gasteiger partial charge >= 0.3 is 0 Å². The van der Waals surface area contributed by atoms with E-state index in [1.807, 2.05) is 0 Å². The molecule has 0 spiro atoms. The highest BCUT2D eigenvalue weighted by Crippen LogP contribution is 2.62. The van der Waals surface area contributed by atoms with Crippen LogP contribution in [0.4, 0.5) is 0 Å². The lowest BCUT2D eigenvalue weighted by molar-refractivity contribution is 0.233. The predicted molar refractivity (Wildman–Crippen MR) is 55.1 cm³/mol. The lowest BCUT2D eigenvalue weighted by Crippen LogP contribution is -2.27. The molecule has 0 aromatic heterocycles. The molecule has 4 N–H and O–H groups in total. The molecule has 2 saturated carbocycles. The van der Waals surface area contributed by atoms with Gasteiger partial charge in [0.1, 0.15) is 0 Å². The van der Waals surface area contributed by atoms with Gasteiger partial charge in [0.05, 0.1) is 0 Å². The molecule has 0 heterocycles. The van der Waals surface area contributed by atoms with E-state index in [1.54, 1.807) is 0 Å². The summed E-state index contributed by atoms with van der Waals surface area (Å²) in [6.07, 6.45) is 2.66. The van der Waals surface area contributed by atoms with Crippen molar-refractivity contribution in [3.8, 4) is 0 Å². The van der Waals surface area contributed by atoms with E-state index in [2.05, 4.69) is 13.8 Å². The topological polar surface area (TPSA) is 52.0 Å². The van der Waals surface area contributed by atoms with Gasteiger partial charge in [0.25, 0.3) is 0 Å². The Morgan fingerprint density at radius 1 is 1.00 bits per heavy atom. The van der Waals surface area contributed by atoms with Crippen molar-refractivity contribution in [2.45, 2.75) is 26.7 Å². The molecule has 13 heavy (non-hydrogen) atoms. The molecule has 2 bridgehead atoms. The van der Waals surface area contributed by atoms with Crippen LogP contribution in [-0.4, -0.2) is 13.1 Å². The fourth-order valence-electron chi connectivity index (χ4n) is 3.98. The average Bonchev–Trinajstić information content (AvgIpc) is 2.51. The Bertz CT molecular complexity index is 180. The SMILES string of the molecule is CC1(C)C2CC(CN)C1CC2CN. The van der Waals surface area contributed by atoms with Gasteiger partial charge in [0, 0.05) is 0 Å². The van der Waals surface area contributed by atoms with E-state index in [0.29, 0.717) is 5.41 Å². The molecular weight excluding hydrogens is 160 g/mol.